The maximum absolute atomic E-state index is 2.74. The fourth-order valence-electron chi connectivity index (χ4n) is 23.8. The molecule has 0 aliphatic heterocycles. The summed E-state index contributed by atoms with van der Waals surface area (Å²) in [6.07, 6.45) is 4.24. The van der Waals surface area contributed by atoms with Crippen LogP contribution in [0, 0.1) is 178 Å². The quantitative estimate of drug-likeness (QED) is 0.0593. The molecule has 0 bridgehead atoms. The Morgan fingerprint density at radius 1 is 0.187 bits per heavy atom. The molecular weight excluding hydrogens is 1470 g/mol. The molecule has 0 fully saturated rings. The van der Waals surface area contributed by atoms with Crippen LogP contribution in [0.15, 0.2) is 218 Å². The summed E-state index contributed by atoms with van der Waals surface area (Å²) in [5.74, 6) is 0.972. The van der Waals surface area contributed by atoms with Crippen LogP contribution < -0.4 is 65.6 Å². The van der Waals surface area contributed by atoms with E-state index >= 15 is 0 Å². The highest BCUT2D eigenvalue weighted by molar-refractivity contribution is 6.98. The molecule has 14 aromatic rings. The smallest absolute Gasteiger partial charge is 0.0686 e. The van der Waals surface area contributed by atoms with Gasteiger partial charge in [-0.1, -0.05) is 421 Å². The van der Waals surface area contributed by atoms with Gasteiger partial charge >= 0.3 is 0 Å². The third kappa shape index (κ3) is 16.8. The molecule has 0 aromatic heterocycles. The first-order valence-electron chi connectivity index (χ1n) is 45.9. The number of rotatable bonds is 22. The van der Waals surface area contributed by atoms with Crippen molar-refractivity contribution in [3.63, 3.8) is 0 Å². The van der Waals surface area contributed by atoms with Gasteiger partial charge in [0.05, 0.1) is 0 Å². The predicted molar refractivity (Wildman–Crippen MR) is 546 cm³/mol. The number of benzene rings is 14. The molecule has 0 heterocycles. The van der Waals surface area contributed by atoms with Gasteiger partial charge in [0.2, 0.25) is 26.9 Å². The van der Waals surface area contributed by atoms with Gasteiger partial charge in [0.1, 0.15) is 0 Å². The summed E-state index contributed by atoms with van der Waals surface area (Å²) in [6.45, 7) is 65.3. The van der Waals surface area contributed by atoms with Crippen molar-refractivity contribution in [2.24, 2.45) is 11.8 Å². The summed E-state index contributed by atoms with van der Waals surface area (Å²) in [6, 6.07) is 89.1. The lowest BCUT2D eigenvalue weighted by Gasteiger charge is -2.35. The van der Waals surface area contributed by atoms with E-state index in [4.69, 9.17) is 0 Å². The third-order valence-corrected chi connectivity index (χ3v) is 28.4. The van der Waals surface area contributed by atoms with Crippen molar-refractivity contribution in [1.29, 1.82) is 0 Å². The fourth-order valence-corrected chi connectivity index (χ4v) is 23.8. The minimum atomic E-state index is -0.326. The molecule has 0 amide bonds. The summed E-state index contributed by atoms with van der Waals surface area (Å²) >= 11 is 0. The maximum atomic E-state index is 2.74. The number of aryl methyl sites for hydroxylation is 24. The molecule has 0 nitrogen and oxygen atoms in total. The standard InChI is InChI=1S/C119H130B4/c1-69(2)45-47-119(48-46-70(3)4)109-67-105(97-33-41-101(42-34-97)122(115-87(21)57-75(9)58-88(115)22)116-89(23)59-76(10)60-90(116)24)103(95-29-37-99(38-30-95)120(111-79(13)49-71(5)50-80(111)14)112-81(15)51-72(6)52-82(112)16)65-107(109)108-66-104(96-31-39-100(40-32-96)121(113-83(17)53-73(7)54-84(113)18)114-85(19)55-74(8)56-86(114)20)106(68-110(108)119)98-35-43-102(44-36-98)123(117-91(25)61-77(11)62-92(117)26)118-93(27)63-78(12)64-94(118)28/h29-44,49-70H,45-48H2,1-28H3. The van der Waals surface area contributed by atoms with Gasteiger partial charge in [-0.15, -0.1) is 0 Å². The Morgan fingerprint density at radius 2 is 0.333 bits per heavy atom. The number of fused-ring (bicyclic) bond motifs is 3. The van der Waals surface area contributed by atoms with Crippen LogP contribution >= 0.6 is 0 Å². The number of hydrogen-bond acceptors (Lipinski definition) is 0. The van der Waals surface area contributed by atoms with E-state index in [9.17, 15) is 0 Å². The van der Waals surface area contributed by atoms with E-state index in [0.717, 1.165) is 25.7 Å². The lowest BCUT2D eigenvalue weighted by atomic mass is 9.34. The Bertz CT molecular complexity index is 5650. The molecule has 14 aromatic carbocycles. The first kappa shape index (κ1) is 87.2. The van der Waals surface area contributed by atoms with E-state index in [0.29, 0.717) is 11.8 Å². The van der Waals surface area contributed by atoms with Gasteiger partial charge < -0.3 is 0 Å². The average molecular weight is 1600 g/mol. The maximum Gasteiger partial charge on any atom is 0.242 e. The monoisotopic (exact) mass is 1600 g/mol. The van der Waals surface area contributed by atoms with Crippen LogP contribution in [-0.2, 0) is 5.41 Å². The van der Waals surface area contributed by atoms with Crippen molar-refractivity contribution in [3.8, 4) is 55.6 Å². The summed E-state index contributed by atoms with van der Waals surface area (Å²) in [7, 11) is 0. The van der Waals surface area contributed by atoms with Crippen molar-refractivity contribution in [1.82, 2.24) is 0 Å². The summed E-state index contributed by atoms with van der Waals surface area (Å²) < 4.78 is 0. The minimum Gasteiger partial charge on any atom is -0.0686 e. The zero-order valence-electron chi connectivity index (χ0n) is 79.6. The Kier molecular flexibility index (Phi) is 24.7. The molecule has 0 saturated heterocycles. The Morgan fingerprint density at radius 3 is 0.480 bits per heavy atom. The Hall–Kier alpha value is -10.7. The highest BCUT2D eigenvalue weighted by atomic mass is 14.5. The van der Waals surface area contributed by atoms with E-state index in [1.165, 1.54) is 266 Å². The minimum absolute atomic E-state index is 0.0382. The van der Waals surface area contributed by atoms with Crippen LogP contribution in [0.25, 0.3) is 55.6 Å². The predicted octanol–water partition coefficient (Wildman–Crippen LogP) is 23.0. The molecule has 0 radical (unpaired) electrons. The van der Waals surface area contributed by atoms with Crippen LogP contribution in [0.1, 0.15) is 198 Å². The highest BCUT2D eigenvalue weighted by Crippen LogP contribution is 2.59. The summed E-state index contributed by atoms with van der Waals surface area (Å²) in [4.78, 5) is 0. The molecule has 4 heteroatoms. The first-order valence-corrected chi connectivity index (χ1v) is 45.9. The zero-order valence-corrected chi connectivity index (χ0v) is 79.6. The van der Waals surface area contributed by atoms with Crippen molar-refractivity contribution in [2.45, 2.75) is 225 Å². The molecule has 618 valence electrons. The second-order valence-corrected chi connectivity index (χ2v) is 39.6. The largest absolute Gasteiger partial charge is 0.242 e. The topological polar surface area (TPSA) is 0 Å². The van der Waals surface area contributed by atoms with Gasteiger partial charge in [-0.2, -0.15) is 0 Å². The van der Waals surface area contributed by atoms with Gasteiger partial charge in [-0.25, -0.2) is 0 Å². The van der Waals surface area contributed by atoms with E-state index in [1.54, 1.807) is 0 Å². The van der Waals surface area contributed by atoms with E-state index in [2.05, 4.69) is 412 Å². The molecule has 123 heavy (non-hydrogen) atoms. The average Bonchev–Trinajstić information content (AvgIpc) is 1.54. The lowest BCUT2D eigenvalue weighted by Crippen LogP contribution is -2.55. The molecule has 1 aliphatic rings. The van der Waals surface area contributed by atoms with E-state index in [1.807, 2.05) is 0 Å². The van der Waals surface area contributed by atoms with Gasteiger partial charge in [-0.05, 0) is 295 Å². The normalized spacial score (nSPS) is 12.2. The Balaban J connectivity index is 1.01. The lowest BCUT2D eigenvalue weighted by molar-refractivity contribution is 0.364. The molecule has 0 unspecified atom stereocenters. The highest BCUT2D eigenvalue weighted by Gasteiger charge is 2.45. The molecular formula is C119H130B4. The van der Waals surface area contributed by atoms with Gasteiger partial charge in [0.25, 0.3) is 0 Å². The van der Waals surface area contributed by atoms with Gasteiger partial charge in [0, 0.05) is 5.41 Å². The van der Waals surface area contributed by atoms with E-state index < -0.39 is 0 Å². The van der Waals surface area contributed by atoms with Crippen molar-refractivity contribution in [3.05, 3.63) is 363 Å². The van der Waals surface area contributed by atoms with Crippen molar-refractivity contribution in [2.75, 3.05) is 0 Å². The van der Waals surface area contributed by atoms with Crippen LogP contribution in [0.3, 0.4) is 0 Å². The van der Waals surface area contributed by atoms with Crippen molar-refractivity contribution >= 4 is 92.4 Å². The third-order valence-electron chi connectivity index (χ3n) is 28.4. The Labute approximate surface area is 742 Å². The fraction of sp³-hybridized carbons (Fsp3) is 0.294. The molecule has 0 atom stereocenters. The molecule has 0 saturated carbocycles. The zero-order chi connectivity index (χ0) is 88.0. The van der Waals surface area contributed by atoms with Gasteiger partial charge in [-0.3, -0.25) is 0 Å². The summed E-state index contributed by atoms with van der Waals surface area (Å²) in [5.41, 5.74) is 63.6. The van der Waals surface area contributed by atoms with Gasteiger partial charge in [0.15, 0.2) is 0 Å². The molecule has 15 rings (SSSR count). The second kappa shape index (κ2) is 34.8. The summed E-state index contributed by atoms with van der Waals surface area (Å²) in [5, 5.41) is 0. The number of hydrogen-bond donors (Lipinski definition) is 0. The van der Waals surface area contributed by atoms with Crippen molar-refractivity contribution < 1.29 is 0 Å². The van der Waals surface area contributed by atoms with Crippen LogP contribution in [0.2, 0.25) is 0 Å². The second-order valence-electron chi connectivity index (χ2n) is 39.6. The van der Waals surface area contributed by atoms with Crippen LogP contribution in [0.5, 0.6) is 0 Å². The first-order chi connectivity index (χ1) is 58.5. The van der Waals surface area contributed by atoms with Crippen LogP contribution in [0.4, 0.5) is 0 Å². The van der Waals surface area contributed by atoms with E-state index in [-0.39, 0.29) is 32.3 Å². The SMILES string of the molecule is Cc1cc(C)c(B(c2ccc(-c3cc4c(cc3-c3ccc(B(c5c(C)cc(C)cc5C)c5c(C)cc(C)cc5C)cc3)C(CCC(C)C)(CCC(C)C)c3cc(-c5ccc(B(c6c(C)cc(C)cc6C)c6c(C)cc(C)cc6C)cc5)c(-c5ccc(B(c6c(C)cc(C)cc6C)c6c(C)cc(C)cc6C)cc5)cc3-4)cc2)c2c(C)cc(C)cc2C)c(C)c1. The molecule has 0 N–H and O–H groups in total. The molecule has 0 spiro atoms. The molecule has 1 aliphatic carbocycles. The van der Waals surface area contributed by atoms with Crippen LogP contribution in [-0.4, -0.2) is 26.9 Å².